The molecular weight excluding hydrogens is 258 g/mol. The van der Waals surface area contributed by atoms with Crippen LogP contribution in [0.4, 0.5) is 0 Å². The van der Waals surface area contributed by atoms with E-state index in [1.54, 1.807) is 0 Å². The van der Waals surface area contributed by atoms with Gasteiger partial charge in [-0.15, -0.1) is 0 Å². The molecule has 0 spiro atoms. The molecule has 1 unspecified atom stereocenters. The third-order valence-corrected chi connectivity index (χ3v) is 3.75. The maximum atomic E-state index is 6.15. The molecule has 3 rings (SSSR count). The Labute approximate surface area is 125 Å². The first-order valence-corrected chi connectivity index (χ1v) is 7.36. The zero-order valence-electron chi connectivity index (χ0n) is 12.2. The van der Waals surface area contributed by atoms with Crippen molar-refractivity contribution in [2.24, 2.45) is 0 Å². The lowest BCUT2D eigenvalue weighted by molar-refractivity contribution is 0.0378. The van der Waals surface area contributed by atoms with Crippen molar-refractivity contribution in [2.45, 2.75) is 26.1 Å². The van der Waals surface area contributed by atoms with Crippen LogP contribution in [0.5, 0.6) is 0 Å². The number of ether oxygens (including phenoxy) is 1. The summed E-state index contributed by atoms with van der Waals surface area (Å²) in [5, 5.41) is 2.38. The summed E-state index contributed by atoms with van der Waals surface area (Å²) < 4.78 is 6.15. The summed E-state index contributed by atoms with van der Waals surface area (Å²) in [7, 11) is 0. The molecule has 0 saturated heterocycles. The van der Waals surface area contributed by atoms with Crippen molar-refractivity contribution in [2.75, 3.05) is 0 Å². The Kier molecular flexibility index (Phi) is 4.27. The van der Waals surface area contributed by atoms with E-state index < -0.39 is 0 Å². The molecule has 0 aliphatic rings. The highest BCUT2D eigenvalue weighted by Gasteiger charge is 2.10. The monoisotopic (exact) mass is 277 g/mol. The topological polar surface area (TPSA) is 22.1 Å². The van der Waals surface area contributed by atoms with Gasteiger partial charge in [0.05, 0.1) is 12.7 Å². The van der Waals surface area contributed by atoms with Gasteiger partial charge in [-0.3, -0.25) is 4.98 Å². The number of aromatic nitrogens is 1. The summed E-state index contributed by atoms with van der Waals surface area (Å²) >= 11 is 0. The minimum absolute atomic E-state index is 0.142. The van der Waals surface area contributed by atoms with Crippen molar-refractivity contribution in [3.8, 4) is 0 Å². The molecule has 0 aliphatic carbocycles. The molecule has 1 atom stereocenters. The third-order valence-electron chi connectivity index (χ3n) is 3.75. The maximum absolute atomic E-state index is 6.15. The predicted molar refractivity (Wildman–Crippen MR) is 86.0 cm³/mol. The second kappa shape index (κ2) is 6.51. The Hall–Kier alpha value is -2.19. The van der Waals surface area contributed by atoms with Gasteiger partial charge in [0.2, 0.25) is 0 Å². The normalized spacial score (nSPS) is 12.4. The molecule has 21 heavy (non-hydrogen) atoms. The highest BCUT2D eigenvalue weighted by Crippen LogP contribution is 2.24. The molecule has 0 amide bonds. The van der Waals surface area contributed by atoms with E-state index in [1.807, 2.05) is 18.5 Å². The van der Waals surface area contributed by atoms with E-state index in [4.69, 9.17) is 4.74 Å². The number of hydrogen-bond donors (Lipinski definition) is 0. The van der Waals surface area contributed by atoms with E-state index in [0.29, 0.717) is 6.61 Å². The fraction of sp³-hybridized carbons (Fsp3) is 0.211. The maximum Gasteiger partial charge on any atom is 0.0826 e. The van der Waals surface area contributed by atoms with E-state index in [-0.39, 0.29) is 6.10 Å². The molecule has 0 fully saturated rings. The Balaban J connectivity index is 1.79. The van der Waals surface area contributed by atoms with Crippen molar-refractivity contribution in [3.05, 3.63) is 78.1 Å². The quantitative estimate of drug-likeness (QED) is 0.661. The van der Waals surface area contributed by atoms with E-state index >= 15 is 0 Å². The van der Waals surface area contributed by atoms with Crippen LogP contribution < -0.4 is 0 Å². The summed E-state index contributed by atoms with van der Waals surface area (Å²) in [5.41, 5.74) is 2.45. The van der Waals surface area contributed by atoms with E-state index in [1.165, 1.54) is 16.5 Å². The SMILES string of the molecule is CCC(OCc1cccc2cnccc12)c1ccccc1. The predicted octanol–water partition coefficient (Wildman–Crippen LogP) is 4.90. The number of hydrogen-bond acceptors (Lipinski definition) is 2. The van der Waals surface area contributed by atoms with Crippen molar-refractivity contribution >= 4 is 10.8 Å². The molecule has 0 bridgehead atoms. The van der Waals surface area contributed by atoms with Crippen LogP contribution in [0.1, 0.15) is 30.6 Å². The van der Waals surface area contributed by atoms with E-state index in [9.17, 15) is 0 Å². The van der Waals surface area contributed by atoms with Gasteiger partial charge in [-0.25, -0.2) is 0 Å². The van der Waals surface area contributed by atoms with Crippen molar-refractivity contribution < 1.29 is 4.74 Å². The van der Waals surface area contributed by atoms with Crippen LogP contribution in [-0.2, 0) is 11.3 Å². The molecule has 1 aromatic heterocycles. The number of rotatable bonds is 5. The molecule has 106 valence electrons. The summed E-state index contributed by atoms with van der Waals surface area (Å²) in [6, 6.07) is 18.7. The van der Waals surface area contributed by atoms with Gasteiger partial charge < -0.3 is 4.74 Å². The average Bonchev–Trinajstić information content (AvgIpc) is 2.56. The molecule has 2 nitrogen and oxygen atoms in total. The first-order chi connectivity index (χ1) is 10.4. The molecule has 0 radical (unpaired) electrons. The van der Waals surface area contributed by atoms with Crippen LogP contribution in [0, 0.1) is 0 Å². The standard InChI is InChI=1S/C19H19NO/c1-2-19(15-7-4-3-5-8-15)21-14-17-10-6-9-16-13-20-12-11-18(16)17/h3-13,19H,2,14H2,1H3. The van der Waals surface area contributed by atoms with E-state index in [2.05, 4.69) is 60.4 Å². The lowest BCUT2D eigenvalue weighted by Gasteiger charge is -2.17. The molecule has 0 aliphatic heterocycles. The van der Waals surface area contributed by atoms with Gasteiger partial charge in [-0.1, -0.05) is 55.5 Å². The fourth-order valence-corrected chi connectivity index (χ4v) is 2.62. The van der Waals surface area contributed by atoms with Crippen LogP contribution >= 0.6 is 0 Å². The van der Waals surface area contributed by atoms with Crippen molar-refractivity contribution in [3.63, 3.8) is 0 Å². The Bertz CT molecular complexity index is 704. The van der Waals surface area contributed by atoms with Crippen molar-refractivity contribution in [1.29, 1.82) is 0 Å². The molecule has 2 heteroatoms. The highest BCUT2D eigenvalue weighted by molar-refractivity contribution is 5.84. The first-order valence-electron chi connectivity index (χ1n) is 7.36. The number of pyridine rings is 1. The number of fused-ring (bicyclic) bond motifs is 1. The van der Waals surface area contributed by atoms with Gasteiger partial charge in [0.15, 0.2) is 0 Å². The van der Waals surface area contributed by atoms with Crippen LogP contribution in [-0.4, -0.2) is 4.98 Å². The number of nitrogens with zero attached hydrogens (tertiary/aromatic N) is 1. The van der Waals surface area contributed by atoms with Gasteiger partial charge >= 0.3 is 0 Å². The second-order valence-electron chi connectivity index (χ2n) is 5.13. The fourth-order valence-electron chi connectivity index (χ4n) is 2.62. The van der Waals surface area contributed by atoms with Crippen LogP contribution in [0.2, 0.25) is 0 Å². The second-order valence-corrected chi connectivity index (χ2v) is 5.13. The largest absolute Gasteiger partial charge is 0.369 e. The third kappa shape index (κ3) is 3.11. The molecule has 0 N–H and O–H groups in total. The molecule has 0 saturated carbocycles. The lowest BCUT2D eigenvalue weighted by atomic mass is 10.1. The van der Waals surface area contributed by atoms with Gasteiger partial charge in [-0.05, 0) is 29.0 Å². The molecule has 1 heterocycles. The van der Waals surface area contributed by atoms with Gasteiger partial charge in [-0.2, -0.15) is 0 Å². The highest BCUT2D eigenvalue weighted by atomic mass is 16.5. The smallest absolute Gasteiger partial charge is 0.0826 e. The minimum Gasteiger partial charge on any atom is -0.369 e. The summed E-state index contributed by atoms with van der Waals surface area (Å²) in [6.07, 6.45) is 4.84. The van der Waals surface area contributed by atoms with Gasteiger partial charge in [0, 0.05) is 17.8 Å². The van der Waals surface area contributed by atoms with Crippen LogP contribution in [0.15, 0.2) is 67.0 Å². The van der Waals surface area contributed by atoms with Crippen LogP contribution in [0.25, 0.3) is 10.8 Å². The zero-order valence-corrected chi connectivity index (χ0v) is 12.2. The van der Waals surface area contributed by atoms with E-state index in [0.717, 1.165) is 11.8 Å². The average molecular weight is 277 g/mol. The summed E-state index contributed by atoms with van der Waals surface area (Å²) in [6.45, 7) is 2.78. The molecular formula is C19H19NO. The zero-order chi connectivity index (χ0) is 14.5. The molecule has 3 aromatic rings. The number of benzene rings is 2. The Morgan fingerprint density at radius 1 is 1.00 bits per heavy atom. The Morgan fingerprint density at radius 3 is 2.67 bits per heavy atom. The van der Waals surface area contributed by atoms with Crippen LogP contribution in [0.3, 0.4) is 0 Å². The van der Waals surface area contributed by atoms with Crippen molar-refractivity contribution in [1.82, 2.24) is 4.98 Å². The summed E-state index contributed by atoms with van der Waals surface area (Å²) in [4.78, 5) is 4.17. The molecule has 2 aromatic carbocycles. The van der Waals surface area contributed by atoms with Gasteiger partial charge in [0.25, 0.3) is 0 Å². The Morgan fingerprint density at radius 2 is 1.86 bits per heavy atom. The van der Waals surface area contributed by atoms with Gasteiger partial charge in [0.1, 0.15) is 0 Å². The minimum atomic E-state index is 0.142. The lowest BCUT2D eigenvalue weighted by Crippen LogP contribution is -2.03. The first kappa shape index (κ1) is 13.8. The summed E-state index contributed by atoms with van der Waals surface area (Å²) in [5.74, 6) is 0.